The number of likely N-dealkylation sites (tertiary alicyclic amines) is 1. The Hall–Kier alpha value is -2.28. The summed E-state index contributed by atoms with van der Waals surface area (Å²) < 4.78 is 11.3. The van der Waals surface area contributed by atoms with Crippen LogP contribution in [0.1, 0.15) is 54.4 Å². The summed E-state index contributed by atoms with van der Waals surface area (Å²) in [5.41, 5.74) is -0.994. The molecule has 1 aromatic rings. The van der Waals surface area contributed by atoms with Gasteiger partial charge in [0, 0.05) is 12.6 Å². The summed E-state index contributed by atoms with van der Waals surface area (Å²) in [5.74, 6) is 0. The van der Waals surface area contributed by atoms with E-state index in [-0.39, 0.29) is 23.7 Å². The van der Waals surface area contributed by atoms with Crippen molar-refractivity contribution in [3.63, 3.8) is 0 Å². The smallest absolute Gasteiger partial charge is 0.410 e. The molecule has 3 atom stereocenters. The molecule has 0 aliphatic carbocycles. The van der Waals surface area contributed by atoms with Crippen molar-refractivity contribution in [2.45, 2.75) is 96.3 Å². The van der Waals surface area contributed by atoms with Gasteiger partial charge >= 0.3 is 12.2 Å². The summed E-state index contributed by atoms with van der Waals surface area (Å²) in [5, 5.41) is 4.44. The zero-order chi connectivity index (χ0) is 25.0. The number of carbonyl (C=O) groups is 2. The number of hydrogen-bond donors (Lipinski definition) is 1. The van der Waals surface area contributed by atoms with E-state index in [0.29, 0.717) is 13.0 Å². The Morgan fingerprint density at radius 2 is 1.67 bits per heavy atom. The van der Waals surface area contributed by atoms with Gasteiger partial charge in [-0.1, -0.05) is 54.7 Å². The summed E-state index contributed by atoms with van der Waals surface area (Å²) in [4.78, 5) is 27.7. The first kappa shape index (κ1) is 27.0. The zero-order valence-electron chi connectivity index (χ0n) is 21.6. The number of nitrogens with one attached hydrogen (secondary N) is 1. The van der Waals surface area contributed by atoms with Crippen LogP contribution in [0.25, 0.3) is 0 Å². The van der Waals surface area contributed by atoms with Crippen LogP contribution >= 0.6 is 0 Å². The van der Waals surface area contributed by atoms with Crippen LogP contribution in [0.3, 0.4) is 0 Å². The van der Waals surface area contributed by atoms with Gasteiger partial charge in [0.1, 0.15) is 11.2 Å². The molecule has 1 N–H and O–H groups in total. The van der Waals surface area contributed by atoms with Gasteiger partial charge < -0.3 is 19.7 Å². The van der Waals surface area contributed by atoms with Gasteiger partial charge in [-0.25, -0.2) is 9.59 Å². The van der Waals surface area contributed by atoms with Crippen molar-refractivity contribution in [3.8, 4) is 0 Å². The van der Waals surface area contributed by atoms with Crippen molar-refractivity contribution < 1.29 is 19.1 Å². The average Bonchev–Trinajstić information content (AvgIpc) is 2.66. The van der Waals surface area contributed by atoms with Crippen molar-refractivity contribution in [3.05, 3.63) is 43.0 Å². The number of benzene rings is 1. The molecule has 0 unspecified atom stereocenters. The summed E-state index contributed by atoms with van der Waals surface area (Å²) in [6, 6.07) is 10.2. The maximum atomic E-state index is 13.1. The first-order valence-electron chi connectivity index (χ1n) is 11.8. The Labute approximate surface area is 200 Å². The Bertz CT molecular complexity index is 827. The average molecular weight is 475 g/mol. The van der Waals surface area contributed by atoms with Crippen LogP contribution in [0.4, 0.5) is 9.59 Å². The molecule has 0 bridgehead atoms. The van der Waals surface area contributed by atoms with E-state index in [0.717, 1.165) is 6.42 Å². The predicted molar refractivity (Wildman–Crippen MR) is 137 cm³/mol. The van der Waals surface area contributed by atoms with Crippen LogP contribution in [0, 0.1) is 0 Å². The molecule has 1 saturated heterocycles. The topological polar surface area (TPSA) is 67.9 Å². The summed E-state index contributed by atoms with van der Waals surface area (Å²) >= 11 is 0. The fourth-order valence-corrected chi connectivity index (χ4v) is 8.05. The highest BCUT2D eigenvalue weighted by atomic mass is 28.3. The van der Waals surface area contributed by atoms with E-state index in [9.17, 15) is 9.59 Å². The van der Waals surface area contributed by atoms with E-state index in [4.69, 9.17) is 9.47 Å². The number of alkyl carbamates (subject to hydrolysis) is 1. The first-order chi connectivity index (χ1) is 15.1. The lowest BCUT2D eigenvalue weighted by atomic mass is 9.95. The lowest BCUT2D eigenvalue weighted by Gasteiger charge is -2.49. The number of hydrogen-bond acceptors (Lipinski definition) is 4. The number of rotatable bonds is 5. The Morgan fingerprint density at radius 1 is 1.09 bits per heavy atom. The Balaban J connectivity index is 2.41. The number of amides is 2. The van der Waals surface area contributed by atoms with E-state index >= 15 is 0 Å². The van der Waals surface area contributed by atoms with E-state index in [1.165, 1.54) is 5.19 Å². The minimum Gasteiger partial charge on any atom is -0.444 e. The first-order valence-corrected chi connectivity index (χ1v) is 14.9. The third-order valence-electron chi connectivity index (χ3n) is 6.06. The van der Waals surface area contributed by atoms with Gasteiger partial charge in [-0.2, -0.15) is 0 Å². The molecule has 0 saturated carbocycles. The molecule has 2 rings (SSSR count). The molecule has 7 heteroatoms. The van der Waals surface area contributed by atoms with Crippen molar-refractivity contribution in [2.24, 2.45) is 0 Å². The molecule has 0 spiro atoms. The van der Waals surface area contributed by atoms with Gasteiger partial charge in [0.05, 0.1) is 14.1 Å². The van der Waals surface area contributed by atoms with Gasteiger partial charge in [-0.3, -0.25) is 0 Å². The van der Waals surface area contributed by atoms with Gasteiger partial charge in [0.15, 0.2) is 0 Å². The number of carbonyl (C=O) groups excluding carboxylic acids is 2. The van der Waals surface area contributed by atoms with Crippen molar-refractivity contribution >= 4 is 25.4 Å². The van der Waals surface area contributed by atoms with Crippen LogP contribution in [0.2, 0.25) is 18.6 Å². The molecule has 6 nitrogen and oxygen atoms in total. The molecule has 1 heterocycles. The number of ether oxygens (including phenoxy) is 2. The normalized spacial score (nSPS) is 21.8. The molecule has 33 heavy (non-hydrogen) atoms. The van der Waals surface area contributed by atoms with Crippen molar-refractivity contribution in [1.82, 2.24) is 10.2 Å². The lowest BCUT2D eigenvalue weighted by molar-refractivity contribution is 0.00387. The predicted octanol–water partition coefficient (Wildman–Crippen LogP) is 5.45. The van der Waals surface area contributed by atoms with Gasteiger partial charge in [-0.15, -0.1) is 6.58 Å². The molecule has 0 aromatic heterocycles. The third kappa shape index (κ3) is 7.63. The second kappa shape index (κ2) is 10.3. The van der Waals surface area contributed by atoms with E-state index in [1.54, 1.807) is 4.90 Å². The highest BCUT2D eigenvalue weighted by Gasteiger charge is 2.47. The molecular weight excluding hydrogens is 432 g/mol. The molecule has 0 radical (unpaired) electrons. The van der Waals surface area contributed by atoms with Crippen LogP contribution in [0.15, 0.2) is 43.0 Å². The second-order valence-electron chi connectivity index (χ2n) is 11.5. The number of nitrogens with zero attached hydrogens (tertiary/aromatic N) is 1. The molecule has 2 amide bonds. The van der Waals surface area contributed by atoms with Crippen LogP contribution < -0.4 is 10.5 Å². The van der Waals surface area contributed by atoms with Gasteiger partial charge in [0.25, 0.3) is 0 Å². The monoisotopic (exact) mass is 474 g/mol. The largest absolute Gasteiger partial charge is 0.444 e. The van der Waals surface area contributed by atoms with Gasteiger partial charge in [0.2, 0.25) is 0 Å². The minimum atomic E-state index is -2.03. The Morgan fingerprint density at radius 3 is 2.18 bits per heavy atom. The summed E-state index contributed by atoms with van der Waals surface area (Å²) in [6.07, 6.45) is 2.48. The molecule has 1 aliphatic heterocycles. The quantitative estimate of drug-likeness (QED) is 0.455. The minimum absolute atomic E-state index is 0.0328. The van der Waals surface area contributed by atoms with Crippen LogP contribution in [-0.2, 0) is 9.47 Å². The maximum absolute atomic E-state index is 13.1. The van der Waals surface area contributed by atoms with E-state index < -0.39 is 25.4 Å². The maximum Gasteiger partial charge on any atom is 0.410 e. The lowest BCUT2D eigenvalue weighted by Crippen LogP contribution is -2.63. The standard InChI is InChI=1S/C26H42N2O4Si/c1-10-14-19-17-22(33(8,9)20-15-12-11-13-16-20)21(27-23(29)31-25(2,3)4)18-28(19)24(30)32-26(5,6)7/h10-13,15-16,19,21-22H,1,14,17-18H2,2-9H3,(H,27,29)/t19-,21+,22-/m1/s1. The van der Waals surface area contributed by atoms with Gasteiger partial charge in [-0.05, 0) is 59.9 Å². The highest BCUT2D eigenvalue weighted by molar-refractivity contribution is 6.91. The Kier molecular flexibility index (Phi) is 8.44. The second-order valence-corrected chi connectivity index (χ2v) is 16.3. The van der Waals surface area contributed by atoms with Crippen molar-refractivity contribution in [2.75, 3.05) is 6.54 Å². The number of piperidine rings is 1. The highest BCUT2D eigenvalue weighted by Crippen LogP contribution is 2.38. The van der Waals surface area contributed by atoms with Crippen LogP contribution in [-0.4, -0.2) is 55.0 Å². The zero-order valence-corrected chi connectivity index (χ0v) is 22.6. The van der Waals surface area contributed by atoms with E-state index in [1.807, 2.05) is 53.7 Å². The fourth-order valence-electron chi connectivity index (χ4n) is 4.52. The fraction of sp³-hybridized carbons (Fsp3) is 0.615. The molecule has 1 aliphatic rings. The van der Waals surface area contributed by atoms with Crippen molar-refractivity contribution in [1.29, 1.82) is 0 Å². The molecule has 184 valence electrons. The SMILES string of the molecule is C=CC[C@@H]1C[C@@H]([Si](C)(C)c2ccccc2)[C@@H](NC(=O)OC(C)(C)C)CN1C(=O)OC(C)(C)C. The van der Waals surface area contributed by atoms with E-state index in [2.05, 4.69) is 49.3 Å². The molecule has 1 aromatic carbocycles. The third-order valence-corrected chi connectivity index (χ3v) is 10.4. The molecular formula is C26H42N2O4Si. The molecule has 1 fully saturated rings. The van der Waals surface area contributed by atoms with Crippen LogP contribution in [0.5, 0.6) is 0 Å². The summed E-state index contributed by atoms with van der Waals surface area (Å²) in [7, 11) is -2.03. The summed E-state index contributed by atoms with van der Waals surface area (Å²) in [6.45, 7) is 20.1.